The second-order valence-electron chi connectivity index (χ2n) is 6.57. The van der Waals surface area contributed by atoms with Crippen molar-refractivity contribution in [1.29, 1.82) is 0 Å². The van der Waals surface area contributed by atoms with Gasteiger partial charge < -0.3 is 15.4 Å². The average molecular weight is 368 g/mol. The molecular formula is C21H24N2O4. The third-order valence-electron chi connectivity index (χ3n) is 3.94. The molecule has 142 valence electrons. The maximum atomic E-state index is 12.2. The van der Waals surface area contributed by atoms with Crippen molar-refractivity contribution in [3.8, 4) is 0 Å². The first kappa shape index (κ1) is 20.2. The van der Waals surface area contributed by atoms with Crippen LogP contribution in [0.3, 0.4) is 0 Å². The molecular weight excluding hydrogens is 344 g/mol. The Balaban J connectivity index is 1.92. The SMILES string of the molecule is CC(=O)Nc1ccc(NC(=O)[C@H](C)OC(=O)c2ccc(C(C)C)cc2)cc1. The molecule has 0 heterocycles. The molecule has 2 aromatic carbocycles. The van der Waals surface area contributed by atoms with Crippen molar-refractivity contribution in [3.05, 3.63) is 59.7 Å². The molecule has 2 rings (SSSR count). The Bertz CT molecular complexity index is 811. The maximum Gasteiger partial charge on any atom is 0.338 e. The van der Waals surface area contributed by atoms with Gasteiger partial charge in [-0.2, -0.15) is 0 Å². The molecule has 2 aromatic rings. The van der Waals surface area contributed by atoms with Gasteiger partial charge >= 0.3 is 5.97 Å². The van der Waals surface area contributed by atoms with E-state index in [1.165, 1.54) is 13.8 Å². The van der Waals surface area contributed by atoms with Crippen LogP contribution in [0.5, 0.6) is 0 Å². The van der Waals surface area contributed by atoms with Crippen LogP contribution in [-0.4, -0.2) is 23.9 Å². The summed E-state index contributed by atoms with van der Waals surface area (Å²) in [5, 5.41) is 5.32. The lowest BCUT2D eigenvalue weighted by Crippen LogP contribution is -2.30. The highest BCUT2D eigenvalue weighted by Gasteiger charge is 2.19. The molecule has 2 N–H and O–H groups in total. The van der Waals surface area contributed by atoms with E-state index in [1.807, 2.05) is 12.1 Å². The minimum absolute atomic E-state index is 0.172. The van der Waals surface area contributed by atoms with Crippen molar-refractivity contribution in [2.75, 3.05) is 10.6 Å². The Kier molecular flexibility index (Phi) is 6.71. The topological polar surface area (TPSA) is 84.5 Å². The van der Waals surface area contributed by atoms with Crippen LogP contribution >= 0.6 is 0 Å². The largest absolute Gasteiger partial charge is 0.449 e. The first-order valence-corrected chi connectivity index (χ1v) is 8.75. The number of amides is 2. The number of carbonyl (C=O) groups is 3. The van der Waals surface area contributed by atoms with Crippen LogP contribution in [0.15, 0.2) is 48.5 Å². The summed E-state index contributed by atoms with van der Waals surface area (Å²) in [6, 6.07) is 13.8. The van der Waals surface area contributed by atoms with Gasteiger partial charge in [-0.1, -0.05) is 26.0 Å². The van der Waals surface area contributed by atoms with E-state index < -0.39 is 18.0 Å². The van der Waals surface area contributed by atoms with Crippen LogP contribution in [0, 0.1) is 0 Å². The summed E-state index contributed by atoms with van der Waals surface area (Å²) >= 11 is 0. The molecule has 0 aliphatic rings. The van der Waals surface area contributed by atoms with E-state index in [0.717, 1.165) is 5.56 Å². The van der Waals surface area contributed by atoms with Gasteiger partial charge in [0.2, 0.25) is 5.91 Å². The molecule has 0 aliphatic heterocycles. The summed E-state index contributed by atoms with van der Waals surface area (Å²) in [5.74, 6) is -0.783. The first-order valence-electron chi connectivity index (χ1n) is 8.75. The number of anilines is 2. The molecule has 0 saturated carbocycles. The van der Waals surface area contributed by atoms with Crippen LogP contribution in [0.4, 0.5) is 11.4 Å². The number of benzene rings is 2. The molecule has 0 spiro atoms. The zero-order chi connectivity index (χ0) is 20.0. The van der Waals surface area contributed by atoms with Crippen molar-refractivity contribution in [3.63, 3.8) is 0 Å². The van der Waals surface area contributed by atoms with Crippen LogP contribution in [0.1, 0.15) is 49.5 Å². The summed E-state index contributed by atoms with van der Waals surface area (Å²) in [6.07, 6.45) is -0.947. The number of nitrogens with one attached hydrogen (secondary N) is 2. The Morgan fingerprint density at radius 2 is 1.33 bits per heavy atom. The van der Waals surface area contributed by atoms with Crippen molar-refractivity contribution in [2.24, 2.45) is 0 Å². The maximum absolute atomic E-state index is 12.2. The molecule has 0 fully saturated rings. The third-order valence-corrected chi connectivity index (χ3v) is 3.94. The molecule has 0 aromatic heterocycles. The molecule has 0 aliphatic carbocycles. The van der Waals surface area contributed by atoms with Crippen molar-refractivity contribution < 1.29 is 19.1 Å². The second kappa shape index (κ2) is 8.98. The Labute approximate surface area is 158 Å². The molecule has 1 atom stereocenters. The monoisotopic (exact) mass is 368 g/mol. The smallest absolute Gasteiger partial charge is 0.338 e. The molecule has 0 bridgehead atoms. The summed E-state index contributed by atoms with van der Waals surface area (Å²) in [5.41, 5.74) is 2.70. The molecule has 2 amide bonds. The summed E-state index contributed by atoms with van der Waals surface area (Å²) < 4.78 is 5.24. The molecule has 0 saturated heterocycles. The van der Waals surface area contributed by atoms with Crippen molar-refractivity contribution in [1.82, 2.24) is 0 Å². The van der Waals surface area contributed by atoms with Crippen molar-refractivity contribution >= 4 is 29.2 Å². The van der Waals surface area contributed by atoms with E-state index in [9.17, 15) is 14.4 Å². The highest BCUT2D eigenvalue weighted by molar-refractivity contribution is 5.97. The lowest BCUT2D eigenvalue weighted by Gasteiger charge is -2.14. The summed E-state index contributed by atoms with van der Waals surface area (Å²) in [7, 11) is 0. The molecule has 27 heavy (non-hydrogen) atoms. The summed E-state index contributed by atoms with van der Waals surface area (Å²) in [6.45, 7) is 7.08. The van der Waals surface area contributed by atoms with Gasteiger partial charge in [0.15, 0.2) is 6.10 Å². The highest BCUT2D eigenvalue weighted by Crippen LogP contribution is 2.16. The fourth-order valence-corrected chi connectivity index (χ4v) is 2.37. The zero-order valence-electron chi connectivity index (χ0n) is 15.9. The number of hydrogen-bond donors (Lipinski definition) is 2. The van der Waals surface area contributed by atoms with Gasteiger partial charge in [-0.15, -0.1) is 0 Å². The predicted octanol–water partition coefficient (Wildman–Crippen LogP) is 3.95. The minimum Gasteiger partial charge on any atom is -0.449 e. The van der Waals surface area contributed by atoms with Gasteiger partial charge in [0.25, 0.3) is 5.91 Å². The molecule has 0 unspecified atom stereocenters. The fraction of sp³-hybridized carbons (Fsp3) is 0.286. The third kappa shape index (κ3) is 5.95. The van der Waals surface area contributed by atoms with Gasteiger partial charge in [0.1, 0.15) is 0 Å². The highest BCUT2D eigenvalue weighted by atomic mass is 16.5. The Hall–Kier alpha value is -3.15. The van der Waals surface area contributed by atoms with E-state index in [0.29, 0.717) is 22.9 Å². The Morgan fingerprint density at radius 1 is 0.815 bits per heavy atom. The van der Waals surface area contributed by atoms with Gasteiger partial charge in [0.05, 0.1) is 5.56 Å². The average Bonchev–Trinajstić information content (AvgIpc) is 2.62. The van der Waals surface area contributed by atoms with Gasteiger partial charge in [-0.25, -0.2) is 4.79 Å². The van der Waals surface area contributed by atoms with E-state index in [2.05, 4.69) is 24.5 Å². The van der Waals surface area contributed by atoms with E-state index >= 15 is 0 Å². The predicted molar refractivity (Wildman–Crippen MR) is 105 cm³/mol. The number of hydrogen-bond acceptors (Lipinski definition) is 4. The first-order chi connectivity index (χ1) is 12.8. The Morgan fingerprint density at radius 3 is 1.81 bits per heavy atom. The fourth-order valence-electron chi connectivity index (χ4n) is 2.37. The number of esters is 1. The molecule has 6 heteroatoms. The van der Waals surface area contributed by atoms with Crippen LogP contribution in [-0.2, 0) is 14.3 Å². The minimum atomic E-state index is -0.947. The van der Waals surface area contributed by atoms with Gasteiger partial charge in [-0.05, 0) is 54.8 Å². The lowest BCUT2D eigenvalue weighted by molar-refractivity contribution is -0.123. The van der Waals surface area contributed by atoms with Crippen LogP contribution < -0.4 is 10.6 Å². The van der Waals surface area contributed by atoms with E-state index in [-0.39, 0.29) is 5.91 Å². The quantitative estimate of drug-likeness (QED) is 0.756. The zero-order valence-corrected chi connectivity index (χ0v) is 15.9. The van der Waals surface area contributed by atoms with Gasteiger partial charge in [-0.3, -0.25) is 9.59 Å². The molecule has 0 radical (unpaired) electrons. The molecule has 6 nitrogen and oxygen atoms in total. The van der Waals surface area contributed by atoms with Gasteiger partial charge in [0, 0.05) is 18.3 Å². The lowest BCUT2D eigenvalue weighted by atomic mass is 10.0. The standard InChI is InChI=1S/C21H24N2O4/c1-13(2)16-5-7-17(8-6-16)21(26)27-14(3)20(25)23-19-11-9-18(10-12-19)22-15(4)24/h5-14H,1-4H3,(H,22,24)(H,23,25)/t14-/m0/s1. The van der Waals surface area contributed by atoms with Crippen molar-refractivity contribution in [2.45, 2.75) is 39.7 Å². The van der Waals surface area contributed by atoms with Crippen LogP contribution in [0.25, 0.3) is 0 Å². The number of ether oxygens (including phenoxy) is 1. The van der Waals surface area contributed by atoms with Crippen LogP contribution in [0.2, 0.25) is 0 Å². The number of carbonyl (C=O) groups excluding carboxylic acids is 3. The van der Waals surface area contributed by atoms with E-state index in [1.54, 1.807) is 36.4 Å². The second-order valence-corrected chi connectivity index (χ2v) is 6.57. The van der Waals surface area contributed by atoms with E-state index in [4.69, 9.17) is 4.74 Å². The normalized spacial score (nSPS) is 11.6. The number of rotatable bonds is 6. The summed E-state index contributed by atoms with van der Waals surface area (Å²) in [4.78, 5) is 35.4.